The monoisotopic (exact) mass is 485 g/mol. The summed E-state index contributed by atoms with van der Waals surface area (Å²) in [7, 11) is 1.30. The van der Waals surface area contributed by atoms with Crippen molar-refractivity contribution in [3.05, 3.63) is 22.9 Å². The zero-order valence-corrected chi connectivity index (χ0v) is 20.6. The van der Waals surface area contributed by atoms with E-state index in [1.165, 1.54) is 7.11 Å². The van der Waals surface area contributed by atoms with Gasteiger partial charge in [0.15, 0.2) is 0 Å². The average Bonchev–Trinajstić information content (AvgIpc) is 3.14. The van der Waals surface area contributed by atoms with Gasteiger partial charge in [0.05, 0.1) is 12.5 Å². The third-order valence-electron chi connectivity index (χ3n) is 6.74. The van der Waals surface area contributed by atoms with E-state index in [9.17, 15) is 22.8 Å². The van der Waals surface area contributed by atoms with Crippen molar-refractivity contribution in [2.24, 2.45) is 11.3 Å². The van der Waals surface area contributed by atoms with Crippen LogP contribution in [0.25, 0.3) is 0 Å². The third kappa shape index (κ3) is 5.41. The highest BCUT2D eigenvalue weighted by atomic mass is 19.4. The largest absolute Gasteiger partial charge is 0.481 e. The first-order chi connectivity index (χ1) is 15.7. The van der Waals surface area contributed by atoms with Crippen LogP contribution >= 0.6 is 0 Å². The third-order valence-corrected chi connectivity index (χ3v) is 6.74. The molecule has 1 aromatic heterocycles. The summed E-state index contributed by atoms with van der Waals surface area (Å²) in [5, 5.41) is 2.88. The van der Waals surface area contributed by atoms with Crippen LogP contribution in [0.2, 0.25) is 0 Å². The molecule has 2 amide bonds. The van der Waals surface area contributed by atoms with Gasteiger partial charge in [0.2, 0.25) is 11.8 Å². The van der Waals surface area contributed by atoms with Crippen LogP contribution in [0.5, 0.6) is 5.88 Å². The maximum absolute atomic E-state index is 13.8. The second-order valence-corrected chi connectivity index (χ2v) is 10.5. The van der Waals surface area contributed by atoms with E-state index in [0.717, 1.165) is 6.07 Å². The Balaban J connectivity index is 1.80. The summed E-state index contributed by atoms with van der Waals surface area (Å²) in [5.41, 5.74) is -1.35. The number of nitrogens with zero attached hydrogens (tertiary/aromatic N) is 2. The molecule has 1 aromatic rings. The zero-order chi connectivity index (χ0) is 25.5. The Bertz CT molecular complexity index is 943. The molecular weight excluding hydrogens is 451 g/mol. The molecule has 3 rings (SSSR count). The number of hydrogen-bond acceptors (Lipinski definition) is 5. The smallest absolute Gasteiger partial charge is 0.433 e. The Kier molecular flexibility index (Phi) is 7.11. The van der Waals surface area contributed by atoms with E-state index in [4.69, 9.17) is 9.47 Å². The summed E-state index contributed by atoms with van der Waals surface area (Å²) in [6.07, 6.45) is -3.09. The van der Waals surface area contributed by atoms with Crippen molar-refractivity contribution in [1.29, 1.82) is 0 Å². The Morgan fingerprint density at radius 1 is 1.26 bits per heavy atom. The normalized spacial score (nSPS) is 23.0. The second-order valence-electron chi connectivity index (χ2n) is 10.5. The van der Waals surface area contributed by atoms with Crippen molar-refractivity contribution in [1.82, 2.24) is 15.2 Å². The van der Waals surface area contributed by atoms with Crippen LogP contribution in [-0.2, 0) is 28.7 Å². The topological polar surface area (TPSA) is 80.8 Å². The summed E-state index contributed by atoms with van der Waals surface area (Å²) in [6.45, 7) is 9.73. The molecule has 1 aliphatic carbocycles. The van der Waals surface area contributed by atoms with E-state index in [1.54, 1.807) is 25.7 Å². The van der Waals surface area contributed by atoms with Crippen LogP contribution in [0, 0.1) is 11.3 Å². The van der Waals surface area contributed by atoms with Gasteiger partial charge in [-0.1, -0.05) is 13.8 Å². The van der Waals surface area contributed by atoms with E-state index >= 15 is 0 Å². The molecule has 2 aliphatic rings. The molecule has 2 atom stereocenters. The molecule has 0 spiro atoms. The van der Waals surface area contributed by atoms with Crippen molar-refractivity contribution >= 4 is 12.0 Å². The van der Waals surface area contributed by atoms with E-state index in [0.29, 0.717) is 43.4 Å². The highest BCUT2D eigenvalue weighted by Gasteiger charge is 2.50. The number of amides is 2. The van der Waals surface area contributed by atoms with E-state index in [-0.39, 0.29) is 30.3 Å². The first-order valence-corrected chi connectivity index (χ1v) is 11.6. The fourth-order valence-corrected chi connectivity index (χ4v) is 4.98. The number of alkyl carbamates (subject to hydrolysis) is 1. The molecule has 1 fully saturated rings. The van der Waals surface area contributed by atoms with Gasteiger partial charge in [-0.15, -0.1) is 0 Å². The molecule has 7 nitrogen and oxygen atoms in total. The number of methoxy groups -OCH3 is 1. The molecule has 34 heavy (non-hydrogen) atoms. The minimum absolute atomic E-state index is 0.00968. The SMILES string of the molecule is COc1nc(C(F)(F)F)cc2c1CCN(C(=O)[C@@]1(C(C)C)CC[C@@H](NC(=O)OC(C)(C)C)C1)C2. The van der Waals surface area contributed by atoms with Gasteiger partial charge >= 0.3 is 12.3 Å². The molecule has 0 saturated heterocycles. The number of aromatic nitrogens is 1. The molecule has 0 aromatic carbocycles. The van der Waals surface area contributed by atoms with Gasteiger partial charge in [-0.2, -0.15) is 13.2 Å². The number of carbonyl (C=O) groups is 2. The number of halogens is 3. The number of nitrogens with one attached hydrogen (secondary N) is 1. The van der Waals surface area contributed by atoms with Gasteiger partial charge in [-0.05, 0) is 64.0 Å². The van der Waals surface area contributed by atoms with Gasteiger partial charge in [0, 0.05) is 24.7 Å². The maximum atomic E-state index is 13.8. The van der Waals surface area contributed by atoms with Gasteiger partial charge in [0.1, 0.15) is 11.3 Å². The molecule has 190 valence electrons. The van der Waals surface area contributed by atoms with Crippen molar-refractivity contribution in [3.63, 3.8) is 0 Å². The van der Waals surface area contributed by atoms with Crippen LogP contribution in [0.1, 0.15) is 70.7 Å². The number of rotatable bonds is 4. The van der Waals surface area contributed by atoms with E-state index < -0.39 is 29.0 Å². The number of hydrogen-bond donors (Lipinski definition) is 1. The summed E-state index contributed by atoms with van der Waals surface area (Å²) in [5.74, 6) is -0.145. The standard InChI is InChI=1S/C24H34F3N3O4/c1-14(2)23(9-7-16(12-23)28-21(32)34-22(3,4)5)20(31)30-10-8-17-15(13-30)11-18(24(25,26)27)29-19(17)33-6/h11,14,16H,7-10,12-13H2,1-6H3,(H,28,32)/t16-,23+/m1/s1. The van der Waals surface area contributed by atoms with Crippen molar-refractivity contribution in [2.45, 2.75) is 84.7 Å². The maximum Gasteiger partial charge on any atom is 0.433 e. The zero-order valence-electron chi connectivity index (χ0n) is 20.6. The molecule has 1 aliphatic heterocycles. The molecular formula is C24H34F3N3O4. The van der Waals surface area contributed by atoms with Gasteiger partial charge in [0.25, 0.3) is 0 Å². The Morgan fingerprint density at radius 3 is 2.50 bits per heavy atom. The summed E-state index contributed by atoms with van der Waals surface area (Å²) in [4.78, 5) is 31.3. The second kappa shape index (κ2) is 9.26. The fourth-order valence-electron chi connectivity index (χ4n) is 4.98. The number of carbonyl (C=O) groups excluding carboxylic acids is 2. The highest BCUT2D eigenvalue weighted by molar-refractivity contribution is 5.84. The Hall–Kier alpha value is -2.52. The molecule has 0 radical (unpaired) electrons. The molecule has 1 saturated carbocycles. The lowest BCUT2D eigenvalue weighted by atomic mass is 9.74. The molecule has 2 heterocycles. The van der Waals surface area contributed by atoms with E-state index in [1.807, 2.05) is 13.8 Å². The average molecular weight is 486 g/mol. The van der Waals surface area contributed by atoms with Crippen LogP contribution in [0.3, 0.4) is 0 Å². The minimum Gasteiger partial charge on any atom is -0.481 e. The summed E-state index contributed by atoms with van der Waals surface area (Å²) < 4.78 is 50.5. The van der Waals surface area contributed by atoms with Crippen LogP contribution in [0.15, 0.2) is 6.07 Å². The van der Waals surface area contributed by atoms with Crippen molar-refractivity contribution in [2.75, 3.05) is 13.7 Å². The van der Waals surface area contributed by atoms with Gasteiger partial charge in [-0.3, -0.25) is 4.79 Å². The highest BCUT2D eigenvalue weighted by Crippen LogP contribution is 2.47. The van der Waals surface area contributed by atoms with Crippen LogP contribution in [0.4, 0.5) is 18.0 Å². The van der Waals surface area contributed by atoms with Crippen molar-refractivity contribution in [3.8, 4) is 5.88 Å². The predicted molar refractivity (Wildman–Crippen MR) is 119 cm³/mol. The van der Waals surface area contributed by atoms with Crippen LogP contribution < -0.4 is 10.1 Å². The predicted octanol–water partition coefficient (Wildman–Crippen LogP) is 4.71. The lowest BCUT2D eigenvalue weighted by Crippen LogP contribution is -2.48. The number of fused-ring (bicyclic) bond motifs is 1. The first kappa shape index (κ1) is 26.1. The molecule has 0 unspecified atom stereocenters. The molecule has 0 bridgehead atoms. The summed E-state index contributed by atoms with van der Waals surface area (Å²) in [6, 6.07) is 0.806. The molecule has 1 N–H and O–H groups in total. The minimum atomic E-state index is -4.61. The van der Waals surface area contributed by atoms with Crippen molar-refractivity contribution < 1.29 is 32.2 Å². The quantitative estimate of drug-likeness (QED) is 0.668. The van der Waals surface area contributed by atoms with Gasteiger partial charge in [-0.25, -0.2) is 9.78 Å². The molecule has 10 heteroatoms. The number of pyridine rings is 1. The van der Waals surface area contributed by atoms with E-state index in [2.05, 4.69) is 10.3 Å². The fraction of sp³-hybridized carbons (Fsp3) is 0.708. The Labute approximate surface area is 198 Å². The first-order valence-electron chi connectivity index (χ1n) is 11.6. The lowest BCUT2D eigenvalue weighted by Gasteiger charge is -2.40. The number of ether oxygens (including phenoxy) is 2. The van der Waals surface area contributed by atoms with Gasteiger partial charge < -0.3 is 19.7 Å². The Morgan fingerprint density at radius 2 is 1.94 bits per heavy atom. The van der Waals surface area contributed by atoms with Crippen LogP contribution in [-0.4, -0.2) is 47.2 Å². The number of alkyl halides is 3. The lowest BCUT2D eigenvalue weighted by molar-refractivity contribution is -0.146. The summed E-state index contributed by atoms with van der Waals surface area (Å²) >= 11 is 0.